The van der Waals surface area contributed by atoms with Gasteiger partial charge in [-0.2, -0.15) is 0 Å². The van der Waals surface area contributed by atoms with Crippen molar-refractivity contribution in [3.8, 4) is 0 Å². The molecule has 2 heterocycles. The molecule has 1 saturated carbocycles. The molecule has 0 unspecified atom stereocenters. The van der Waals surface area contributed by atoms with E-state index in [1.54, 1.807) is 17.8 Å². The maximum atomic E-state index is 12.1. The molecule has 1 fully saturated rings. The SMILES string of the molecule is O=C(NC1CCCC1)c1csc(Nc2cccnc2)n1. The molecule has 0 atom stereocenters. The number of pyridine rings is 1. The summed E-state index contributed by atoms with van der Waals surface area (Å²) in [7, 11) is 0. The number of nitrogens with one attached hydrogen (secondary N) is 2. The normalized spacial score (nSPS) is 15.2. The van der Waals surface area contributed by atoms with Crippen molar-refractivity contribution in [3.05, 3.63) is 35.6 Å². The minimum absolute atomic E-state index is 0.0765. The van der Waals surface area contributed by atoms with Crippen molar-refractivity contribution in [1.82, 2.24) is 15.3 Å². The number of carbonyl (C=O) groups is 1. The van der Waals surface area contributed by atoms with Gasteiger partial charge in [0.25, 0.3) is 5.91 Å². The lowest BCUT2D eigenvalue weighted by molar-refractivity contribution is 0.0933. The number of hydrogen-bond donors (Lipinski definition) is 2. The number of aromatic nitrogens is 2. The fourth-order valence-electron chi connectivity index (χ4n) is 2.33. The maximum absolute atomic E-state index is 12.1. The zero-order valence-corrected chi connectivity index (χ0v) is 11.8. The van der Waals surface area contributed by atoms with Crippen LogP contribution in [0.3, 0.4) is 0 Å². The van der Waals surface area contributed by atoms with Crippen LogP contribution in [0.15, 0.2) is 29.9 Å². The van der Waals surface area contributed by atoms with E-state index in [1.165, 1.54) is 24.2 Å². The lowest BCUT2D eigenvalue weighted by Gasteiger charge is -2.09. The Bertz CT molecular complexity index is 578. The van der Waals surface area contributed by atoms with Gasteiger partial charge in [0, 0.05) is 17.6 Å². The Morgan fingerprint density at radius 3 is 2.95 bits per heavy atom. The largest absolute Gasteiger partial charge is 0.348 e. The average Bonchev–Trinajstić information content (AvgIpc) is 3.11. The van der Waals surface area contributed by atoms with E-state index in [0.717, 1.165) is 18.5 Å². The predicted octanol–water partition coefficient (Wildman–Crippen LogP) is 2.95. The summed E-state index contributed by atoms with van der Waals surface area (Å²) in [4.78, 5) is 20.4. The van der Waals surface area contributed by atoms with Gasteiger partial charge in [0.05, 0.1) is 11.9 Å². The molecule has 2 aromatic rings. The molecular weight excluding hydrogens is 272 g/mol. The Hall–Kier alpha value is -1.95. The molecule has 2 N–H and O–H groups in total. The minimum atomic E-state index is -0.0765. The highest BCUT2D eigenvalue weighted by Crippen LogP contribution is 2.21. The summed E-state index contributed by atoms with van der Waals surface area (Å²) in [5.74, 6) is -0.0765. The molecule has 0 aliphatic heterocycles. The summed E-state index contributed by atoms with van der Waals surface area (Å²) >= 11 is 1.42. The molecule has 20 heavy (non-hydrogen) atoms. The summed E-state index contributed by atoms with van der Waals surface area (Å²) in [5.41, 5.74) is 1.35. The second-order valence-electron chi connectivity index (χ2n) is 4.86. The number of anilines is 2. The number of amides is 1. The summed E-state index contributed by atoms with van der Waals surface area (Å²) < 4.78 is 0. The van der Waals surface area contributed by atoms with Crippen LogP contribution in [-0.4, -0.2) is 21.9 Å². The van der Waals surface area contributed by atoms with Gasteiger partial charge in [-0.15, -0.1) is 11.3 Å². The van der Waals surface area contributed by atoms with Crippen LogP contribution >= 0.6 is 11.3 Å². The monoisotopic (exact) mass is 288 g/mol. The summed E-state index contributed by atoms with van der Waals surface area (Å²) in [6.45, 7) is 0. The smallest absolute Gasteiger partial charge is 0.271 e. The molecule has 2 aromatic heterocycles. The zero-order valence-electron chi connectivity index (χ0n) is 11.0. The first-order valence-electron chi connectivity index (χ1n) is 6.75. The third-order valence-corrected chi connectivity index (χ3v) is 4.10. The van der Waals surface area contributed by atoms with Gasteiger partial charge in [-0.25, -0.2) is 4.98 Å². The molecule has 1 aliphatic carbocycles. The van der Waals surface area contributed by atoms with Crippen molar-refractivity contribution >= 4 is 28.1 Å². The minimum Gasteiger partial charge on any atom is -0.348 e. The fourth-order valence-corrected chi connectivity index (χ4v) is 3.04. The van der Waals surface area contributed by atoms with E-state index in [2.05, 4.69) is 20.6 Å². The highest BCUT2D eigenvalue weighted by Gasteiger charge is 2.19. The van der Waals surface area contributed by atoms with Gasteiger partial charge in [-0.3, -0.25) is 9.78 Å². The molecule has 1 amide bonds. The van der Waals surface area contributed by atoms with Crippen molar-refractivity contribution in [1.29, 1.82) is 0 Å². The van der Waals surface area contributed by atoms with Crippen molar-refractivity contribution in [2.45, 2.75) is 31.7 Å². The number of hydrogen-bond acceptors (Lipinski definition) is 5. The first-order chi connectivity index (χ1) is 9.81. The fraction of sp³-hybridized carbons (Fsp3) is 0.357. The molecule has 0 bridgehead atoms. The Morgan fingerprint density at radius 2 is 2.20 bits per heavy atom. The van der Waals surface area contributed by atoms with Crippen LogP contribution in [0.1, 0.15) is 36.2 Å². The van der Waals surface area contributed by atoms with Crippen molar-refractivity contribution in [3.63, 3.8) is 0 Å². The van der Waals surface area contributed by atoms with Crippen LogP contribution in [0.5, 0.6) is 0 Å². The molecule has 5 nitrogen and oxygen atoms in total. The van der Waals surface area contributed by atoms with E-state index in [1.807, 2.05) is 12.1 Å². The third kappa shape index (κ3) is 3.14. The van der Waals surface area contributed by atoms with E-state index in [0.29, 0.717) is 16.9 Å². The first kappa shape index (κ1) is 13.1. The van der Waals surface area contributed by atoms with Gasteiger partial charge >= 0.3 is 0 Å². The van der Waals surface area contributed by atoms with Crippen LogP contribution in [0.2, 0.25) is 0 Å². The first-order valence-corrected chi connectivity index (χ1v) is 7.63. The van der Waals surface area contributed by atoms with Crippen LogP contribution in [0.25, 0.3) is 0 Å². The Balaban J connectivity index is 1.62. The second kappa shape index (κ2) is 6.00. The number of thiazole rings is 1. The quantitative estimate of drug-likeness (QED) is 0.907. The number of rotatable bonds is 4. The van der Waals surface area contributed by atoms with Gasteiger partial charge in [-0.1, -0.05) is 12.8 Å². The third-order valence-electron chi connectivity index (χ3n) is 3.34. The number of carbonyl (C=O) groups excluding carboxylic acids is 1. The van der Waals surface area contributed by atoms with Crippen molar-refractivity contribution in [2.75, 3.05) is 5.32 Å². The van der Waals surface area contributed by atoms with Gasteiger partial charge < -0.3 is 10.6 Å². The maximum Gasteiger partial charge on any atom is 0.271 e. The number of nitrogens with zero attached hydrogens (tertiary/aromatic N) is 2. The van der Waals surface area contributed by atoms with Gasteiger partial charge in [-0.05, 0) is 25.0 Å². The Morgan fingerprint density at radius 1 is 1.35 bits per heavy atom. The average molecular weight is 288 g/mol. The molecule has 104 valence electrons. The van der Waals surface area contributed by atoms with E-state index >= 15 is 0 Å². The van der Waals surface area contributed by atoms with Crippen molar-refractivity contribution < 1.29 is 4.79 Å². The van der Waals surface area contributed by atoms with E-state index in [4.69, 9.17) is 0 Å². The predicted molar refractivity (Wildman–Crippen MR) is 79.4 cm³/mol. The Labute approximate surface area is 121 Å². The summed E-state index contributed by atoms with van der Waals surface area (Å²) in [5, 5.41) is 8.66. The Kier molecular flexibility index (Phi) is 3.92. The molecule has 3 rings (SSSR count). The second-order valence-corrected chi connectivity index (χ2v) is 5.72. The van der Waals surface area contributed by atoms with Crippen LogP contribution in [-0.2, 0) is 0 Å². The lowest BCUT2D eigenvalue weighted by atomic mass is 10.2. The van der Waals surface area contributed by atoms with Gasteiger partial charge in [0.2, 0.25) is 0 Å². The van der Waals surface area contributed by atoms with E-state index < -0.39 is 0 Å². The van der Waals surface area contributed by atoms with Crippen molar-refractivity contribution in [2.24, 2.45) is 0 Å². The molecule has 0 radical (unpaired) electrons. The standard InChI is InChI=1S/C14H16N4OS/c19-13(16-10-4-1-2-5-10)12-9-20-14(18-12)17-11-6-3-7-15-8-11/h3,6-10H,1-2,4-5H2,(H,16,19)(H,17,18). The lowest BCUT2D eigenvalue weighted by Crippen LogP contribution is -2.32. The van der Waals surface area contributed by atoms with Crippen LogP contribution in [0.4, 0.5) is 10.8 Å². The highest BCUT2D eigenvalue weighted by atomic mass is 32.1. The van der Waals surface area contributed by atoms with Gasteiger partial charge in [0.1, 0.15) is 5.69 Å². The topological polar surface area (TPSA) is 66.9 Å². The molecule has 0 spiro atoms. The van der Waals surface area contributed by atoms with E-state index in [9.17, 15) is 4.79 Å². The molecule has 1 aliphatic rings. The van der Waals surface area contributed by atoms with Crippen LogP contribution < -0.4 is 10.6 Å². The highest BCUT2D eigenvalue weighted by molar-refractivity contribution is 7.14. The van der Waals surface area contributed by atoms with Crippen LogP contribution in [0, 0.1) is 0 Å². The van der Waals surface area contributed by atoms with E-state index in [-0.39, 0.29) is 5.91 Å². The molecule has 0 saturated heterocycles. The summed E-state index contributed by atoms with van der Waals surface area (Å²) in [6.07, 6.45) is 8.01. The zero-order chi connectivity index (χ0) is 13.8. The summed E-state index contributed by atoms with van der Waals surface area (Å²) in [6, 6.07) is 4.08. The van der Waals surface area contributed by atoms with Gasteiger partial charge in [0.15, 0.2) is 5.13 Å². The molecule has 0 aromatic carbocycles. The molecule has 6 heteroatoms. The molecular formula is C14H16N4OS.